The van der Waals surface area contributed by atoms with Crippen molar-refractivity contribution >= 4 is 66.8 Å². The van der Waals surface area contributed by atoms with Gasteiger partial charge in [-0.1, -0.05) is 146 Å². The van der Waals surface area contributed by atoms with E-state index in [1.807, 2.05) is 0 Å². The first-order chi connectivity index (χ1) is 32.8. The van der Waals surface area contributed by atoms with Crippen LogP contribution in [0.2, 0.25) is 0 Å². The second-order valence-corrected chi connectivity index (χ2v) is 16.9. The molecule has 4 heteroatoms. The van der Waals surface area contributed by atoms with Crippen LogP contribution >= 0.6 is 0 Å². The number of hydrogen-bond donors (Lipinski definition) is 0. The average Bonchev–Trinajstić information content (AvgIpc) is 3.88. The van der Waals surface area contributed by atoms with E-state index in [2.05, 4.69) is 274 Å². The largest absolute Gasteiger partial charge is 0.311 e. The number of rotatable bonds is 7. The molecule has 0 saturated heterocycles. The lowest BCUT2D eigenvalue weighted by atomic mass is 9.94. The number of nitrogens with zero attached hydrogens (tertiary/aromatic N) is 4. The maximum atomic E-state index is 2.46. The van der Waals surface area contributed by atoms with Crippen molar-refractivity contribution in [2.24, 2.45) is 0 Å². The van der Waals surface area contributed by atoms with Crippen LogP contribution in [0.3, 0.4) is 0 Å². The van der Waals surface area contributed by atoms with Crippen LogP contribution in [0, 0.1) is 0 Å². The first-order valence-corrected chi connectivity index (χ1v) is 22.6. The van der Waals surface area contributed by atoms with Crippen molar-refractivity contribution in [2.75, 3.05) is 9.80 Å². The van der Waals surface area contributed by atoms with E-state index in [9.17, 15) is 0 Å². The molecule has 12 aromatic rings. The van der Waals surface area contributed by atoms with Crippen LogP contribution in [0.1, 0.15) is 0 Å². The number of benzene rings is 10. The summed E-state index contributed by atoms with van der Waals surface area (Å²) in [7, 11) is 0. The molecule has 0 spiro atoms. The van der Waals surface area contributed by atoms with Gasteiger partial charge in [0.15, 0.2) is 0 Å². The SMILES string of the molecule is c1ccc(N(c2ccc(-c3ccc4c(c3)-c3c(n(-c5ccccc5)c5ccccc35)-c3ccccc3N4c3ccccc3)cc2)c2ccc(-n3c4ccccc4c4ccccc43)cc2)cc1. The van der Waals surface area contributed by atoms with Gasteiger partial charge < -0.3 is 18.9 Å². The monoisotopic (exact) mass is 842 g/mol. The lowest BCUT2D eigenvalue weighted by Crippen LogP contribution is -2.11. The summed E-state index contributed by atoms with van der Waals surface area (Å²) in [6.07, 6.45) is 0. The summed E-state index contributed by atoms with van der Waals surface area (Å²) >= 11 is 0. The first-order valence-electron chi connectivity index (χ1n) is 22.6. The zero-order valence-corrected chi connectivity index (χ0v) is 36.0. The van der Waals surface area contributed by atoms with E-state index in [0.29, 0.717) is 0 Å². The Morgan fingerprint density at radius 2 is 0.742 bits per heavy atom. The Hall–Kier alpha value is -8.86. The van der Waals surface area contributed by atoms with E-state index in [4.69, 9.17) is 0 Å². The van der Waals surface area contributed by atoms with Gasteiger partial charge in [0.1, 0.15) is 0 Å². The molecule has 0 bridgehead atoms. The molecule has 0 atom stereocenters. The summed E-state index contributed by atoms with van der Waals surface area (Å²) in [6, 6.07) is 92.4. The fourth-order valence-electron chi connectivity index (χ4n) is 10.4. The number of fused-ring (bicyclic) bond motifs is 10. The third-order valence-electron chi connectivity index (χ3n) is 13.2. The van der Waals surface area contributed by atoms with E-state index < -0.39 is 0 Å². The molecular weight excluding hydrogens is 801 g/mol. The average molecular weight is 843 g/mol. The minimum absolute atomic E-state index is 1.09. The number of para-hydroxylation sites is 7. The van der Waals surface area contributed by atoms with Gasteiger partial charge >= 0.3 is 0 Å². The molecule has 0 amide bonds. The van der Waals surface area contributed by atoms with Crippen LogP contribution in [-0.2, 0) is 0 Å². The summed E-state index contributed by atoms with van der Waals surface area (Å²) in [5, 5.41) is 3.74. The summed E-state index contributed by atoms with van der Waals surface area (Å²) in [6.45, 7) is 0. The van der Waals surface area contributed by atoms with Gasteiger partial charge in [-0.3, -0.25) is 0 Å². The van der Waals surface area contributed by atoms with E-state index in [1.54, 1.807) is 0 Å². The van der Waals surface area contributed by atoms with Gasteiger partial charge in [0.2, 0.25) is 0 Å². The molecule has 2 aromatic heterocycles. The van der Waals surface area contributed by atoms with Crippen LogP contribution in [-0.4, -0.2) is 9.13 Å². The van der Waals surface area contributed by atoms with Crippen molar-refractivity contribution < 1.29 is 0 Å². The number of aromatic nitrogens is 2. The molecule has 0 N–H and O–H groups in total. The fourth-order valence-corrected chi connectivity index (χ4v) is 10.4. The van der Waals surface area contributed by atoms with Gasteiger partial charge in [-0.2, -0.15) is 0 Å². The highest BCUT2D eigenvalue weighted by Crippen LogP contribution is 2.55. The Morgan fingerprint density at radius 1 is 0.288 bits per heavy atom. The molecule has 10 aromatic carbocycles. The molecule has 1 aliphatic heterocycles. The summed E-state index contributed by atoms with van der Waals surface area (Å²) in [5.41, 5.74) is 19.6. The van der Waals surface area contributed by atoms with Crippen LogP contribution in [0.25, 0.3) is 77.6 Å². The maximum absolute atomic E-state index is 2.46. The molecule has 0 unspecified atom stereocenters. The minimum Gasteiger partial charge on any atom is -0.311 e. The topological polar surface area (TPSA) is 16.3 Å². The second-order valence-electron chi connectivity index (χ2n) is 16.9. The van der Waals surface area contributed by atoms with Crippen LogP contribution in [0.5, 0.6) is 0 Å². The highest BCUT2D eigenvalue weighted by atomic mass is 15.2. The molecule has 13 rings (SSSR count). The number of hydrogen-bond acceptors (Lipinski definition) is 2. The zero-order chi connectivity index (χ0) is 43.6. The Labute approximate surface area is 383 Å². The van der Waals surface area contributed by atoms with Crippen LogP contribution < -0.4 is 9.80 Å². The normalized spacial score (nSPS) is 11.9. The van der Waals surface area contributed by atoms with Crippen LogP contribution in [0.15, 0.2) is 255 Å². The smallest absolute Gasteiger partial charge is 0.0641 e. The van der Waals surface area contributed by atoms with Crippen molar-refractivity contribution in [2.45, 2.75) is 0 Å². The van der Waals surface area contributed by atoms with Gasteiger partial charge in [-0.05, 0) is 120 Å². The predicted molar refractivity (Wildman–Crippen MR) is 277 cm³/mol. The second kappa shape index (κ2) is 15.4. The Kier molecular flexibility index (Phi) is 8.81. The fraction of sp³-hybridized carbons (Fsp3) is 0. The molecule has 0 radical (unpaired) electrons. The Morgan fingerprint density at radius 3 is 1.39 bits per heavy atom. The Bertz CT molecular complexity index is 3680. The van der Waals surface area contributed by atoms with Gasteiger partial charge in [0.05, 0.1) is 33.6 Å². The number of anilines is 6. The van der Waals surface area contributed by atoms with Crippen molar-refractivity contribution in [3.05, 3.63) is 255 Å². The third kappa shape index (κ3) is 6.00. The van der Waals surface area contributed by atoms with Crippen molar-refractivity contribution in [3.8, 4) is 44.9 Å². The quantitative estimate of drug-likeness (QED) is 0.159. The third-order valence-corrected chi connectivity index (χ3v) is 13.2. The van der Waals surface area contributed by atoms with E-state index in [-0.39, 0.29) is 0 Å². The standard InChI is InChI=1S/C62H42N4/c1-4-18-45(19-5-1)63(49-37-39-50(40-38-49)65-56-28-14-10-24-51(56)52-25-11-15-29-57(52)65)48-35-32-43(33-36-48)44-34-41-60-55(42-44)61-53-26-12-16-30-58(53)66(47-22-8-3-9-23-47)62(61)54-27-13-17-31-59(54)64(60)46-20-6-2-7-21-46/h1-42H. The molecular formula is C62H42N4. The molecule has 66 heavy (non-hydrogen) atoms. The van der Waals surface area contributed by atoms with Crippen LogP contribution in [0.4, 0.5) is 34.1 Å². The predicted octanol–water partition coefficient (Wildman–Crippen LogP) is 17.0. The van der Waals surface area contributed by atoms with E-state index >= 15 is 0 Å². The summed E-state index contributed by atoms with van der Waals surface area (Å²) in [5.74, 6) is 0. The van der Waals surface area contributed by atoms with Crippen molar-refractivity contribution in [1.82, 2.24) is 9.13 Å². The molecule has 0 saturated carbocycles. The molecule has 4 nitrogen and oxygen atoms in total. The maximum Gasteiger partial charge on any atom is 0.0641 e. The molecule has 0 fully saturated rings. The molecule has 310 valence electrons. The molecule has 3 heterocycles. The lowest BCUT2D eigenvalue weighted by molar-refractivity contribution is 1.13. The van der Waals surface area contributed by atoms with Crippen molar-refractivity contribution in [3.63, 3.8) is 0 Å². The van der Waals surface area contributed by atoms with Gasteiger partial charge in [-0.15, -0.1) is 0 Å². The van der Waals surface area contributed by atoms with E-state index in [1.165, 1.54) is 55.1 Å². The zero-order valence-electron chi connectivity index (χ0n) is 36.0. The highest BCUT2D eigenvalue weighted by Gasteiger charge is 2.31. The highest BCUT2D eigenvalue weighted by molar-refractivity contribution is 6.14. The Balaban J connectivity index is 0.949. The van der Waals surface area contributed by atoms with Gasteiger partial charge in [-0.25, -0.2) is 0 Å². The van der Waals surface area contributed by atoms with E-state index in [0.717, 1.165) is 56.6 Å². The lowest BCUT2D eigenvalue weighted by Gasteiger charge is -2.28. The summed E-state index contributed by atoms with van der Waals surface area (Å²) < 4.78 is 4.83. The van der Waals surface area contributed by atoms with Gasteiger partial charge in [0.25, 0.3) is 0 Å². The molecule has 1 aliphatic rings. The minimum atomic E-state index is 1.09. The van der Waals surface area contributed by atoms with Crippen molar-refractivity contribution in [1.29, 1.82) is 0 Å². The first kappa shape index (κ1) is 37.7. The molecule has 0 aliphatic carbocycles. The summed E-state index contributed by atoms with van der Waals surface area (Å²) in [4.78, 5) is 4.78. The van der Waals surface area contributed by atoms with Gasteiger partial charge in [0, 0.05) is 67.0 Å².